The Morgan fingerprint density at radius 1 is 0.573 bits per heavy atom. The van der Waals surface area contributed by atoms with Crippen LogP contribution in [0.2, 0.25) is 5.02 Å². The predicted molar refractivity (Wildman–Crippen MR) is 336 cm³/mol. The van der Waals surface area contributed by atoms with Crippen LogP contribution in [0, 0.1) is 17.5 Å². The lowest BCUT2D eigenvalue weighted by Crippen LogP contribution is -2.58. The lowest BCUT2D eigenvalue weighted by atomic mass is 10.0. The number of aromatic amines is 1. The number of halogens is 4. The van der Waals surface area contributed by atoms with Gasteiger partial charge in [-0.1, -0.05) is 48.4 Å². The first-order valence-corrected chi connectivity index (χ1v) is 31.8. The fourth-order valence-corrected chi connectivity index (χ4v) is 11.0. The number of ether oxygens (including phenoxy) is 1. The van der Waals surface area contributed by atoms with Crippen molar-refractivity contribution in [3.05, 3.63) is 130 Å². The number of carbonyl (C=O) groups is 12. The van der Waals surface area contributed by atoms with E-state index in [2.05, 4.69) is 47.5 Å². The van der Waals surface area contributed by atoms with Crippen molar-refractivity contribution in [3.63, 3.8) is 0 Å². The van der Waals surface area contributed by atoms with Crippen LogP contribution < -0.4 is 57.7 Å². The van der Waals surface area contributed by atoms with Gasteiger partial charge in [-0.05, 0) is 111 Å². The number of benzene rings is 4. The molecule has 0 fully saturated rings. The number of methoxy groups -OCH3 is 1. The number of amides is 9. The van der Waals surface area contributed by atoms with Crippen LogP contribution in [0.5, 0.6) is 5.75 Å². The zero-order chi connectivity index (χ0) is 70.6. The van der Waals surface area contributed by atoms with Crippen molar-refractivity contribution in [1.82, 2.24) is 52.2 Å². The smallest absolute Gasteiger partial charge is 0.305 e. The number of sulfonamides is 1. The Morgan fingerprint density at radius 3 is 1.75 bits per heavy atom. The molecule has 34 heteroatoms. The summed E-state index contributed by atoms with van der Waals surface area (Å²) in [5.41, 5.74) is 5.91. The summed E-state index contributed by atoms with van der Waals surface area (Å²) in [6, 6.07) is 8.21. The van der Waals surface area contributed by atoms with Crippen molar-refractivity contribution >= 4 is 104 Å². The summed E-state index contributed by atoms with van der Waals surface area (Å²) in [5.74, 6) is -16.2. The summed E-state index contributed by atoms with van der Waals surface area (Å²) in [4.78, 5) is 159. The number of nitrogens with two attached hydrogens (primary N) is 1. The average Bonchev–Trinajstić information content (AvgIpc) is 1.53. The van der Waals surface area contributed by atoms with E-state index < -0.39 is 190 Å². The van der Waals surface area contributed by atoms with Crippen molar-refractivity contribution < 1.29 is 99.2 Å². The second-order valence-electron chi connectivity index (χ2n) is 21.9. The van der Waals surface area contributed by atoms with E-state index in [0.717, 1.165) is 36.4 Å². The Bertz CT molecular complexity index is 3730. The number of carboxylic acid groups (broad SMARTS) is 3. The molecule has 5 aromatic rings. The molecule has 29 nitrogen and oxygen atoms in total. The van der Waals surface area contributed by atoms with Crippen LogP contribution in [0.25, 0.3) is 10.9 Å². The van der Waals surface area contributed by atoms with E-state index in [9.17, 15) is 94.4 Å². The zero-order valence-corrected chi connectivity index (χ0v) is 53.2. The van der Waals surface area contributed by atoms with Crippen LogP contribution in [-0.2, 0) is 75.6 Å². The lowest BCUT2D eigenvalue weighted by Gasteiger charge is -2.26. The van der Waals surface area contributed by atoms with Gasteiger partial charge in [-0.15, -0.1) is 0 Å². The van der Waals surface area contributed by atoms with Crippen LogP contribution in [-0.4, -0.2) is 163 Å². The topological polar surface area (TPSA) is 459 Å². The van der Waals surface area contributed by atoms with Gasteiger partial charge < -0.3 is 73.3 Å². The van der Waals surface area contributed by atoms with E-state index in [1.807, 2.05) is 4.72 Å². The third kappa shape index (κ3) is 25.3. The van der Waals surface area contributed by atoms with Crippen molar-refractivity contribution in [3.8, 4) is 5.75 Å². The van der Waals surface area contributed by atoms with Crippen LogP contribution in [0.3, 0.4) is 0 Å². The molecule has 15 N–H and O–H groups in total. The molecule has 0 aliphatic heterocycles. The summed E-state index contributed by atoms with van der Waals surface area (Å²) >= 11 is 5.61. The van der Waals surface area contributed by atoms with E-state index in [1.54, 1.807) is 30.5 Å². The molecule has 0 radical (unpaired) electrons. The number of hydrogen-bond donors (Lipinski definition) is 14. The fraction of sp³-hybridized carbons (Fsp3) is 0.387. The number of H-pyrrole nitrogens is 1. The maximum absolute atomic E-state index is 14.6. The standard InChI is InChI=1S/C62H73ClF3N11O18S/c1-95-38-16-18-39(19-17-38)96(93,94)77-49(31-54(84)85)61(91)75-46(21-23-53(82)83)58(88)71-33-51(79)73-47(27-34-10-9-11-37(64)26-34)59(89)76-48(28-35-32-70-43-13-5-4-12-40(35)43)60(90)74-45(20-22-52(80)81)57(87)68-24-7-2-3-15-50(78)72-44(56(67)86)14-6-8-25-69-62(92)55-41(65)29-36(63)30-42(55)66/h4-5,9-13,16-19,26,29-30,32,44-49,70,77H,2-3,6-8,14-15,20-25,27-28,31,33H2,1H3,(H2,67,86)(H,68,87)(H,69,92)(H,71,88)(H,72,78)(H,73,79)(H,74,90)(H,75,91)(H,76,89)(H,80,81)(H,82,83)(H,84,85)/t44-,45-,46-,47-,48-,49+/m0/s1. The van der Waals surface area contributed by atoms with Gasteiger partial charge >= 0.3 is 17.9 Å². The molecule has 0 spiro atoms. The first kappa shape index (κ1) is 76.6. The summed E-state index contributed by atoms with van der Waals surface area (Å²) in [7, 11) is -3.30. The molecule has 0 aliphatic carbocycles. The highest BCUT2D eigenvalue weighted by atomic mass is 35.5. The molecule has 0 bridgehead atoms. The first-order chi connectivity index (χ1) is 45.5. The second-order valence-corrected chi connectivity index (χ2v) is 24.0. The molecule has 6 atom stereocenters. The van der Waals surface area contributed by atoms with Gasteiger partial charge in [0, 0.05) is 67.3 Å². The van der Waals surface area contributed by atoms with Crippen molar-refractivity contribution in [1.29, 1.82) is 0 Å². The molecule has 0 unspecified atom stereocenters. The molecule has 96 heavy (non-hydrogen) atoms. The molecule has 1 aromatic heterocycles. The molecule has 1 heterocycles. The third-order valence-electron chi connectivity index (χ3n) is 14.6. The Hall–Kier alpha value is -10.2. The van der Waals surface area contributed by atoms with E-state index in [0.29, 0.717) is 22.9 Å². The molecule has 0 saturated heterocycles. The number of aromatic nitrogens is 1. The quantitative estimate of drug-likeness (QED) is 0.0248. The number of primary amides is 1. The highest BCUT2D eigenvalue weighted by Gasteiger charge is 2.34. The normalized spacial score (nSPS) is 13.1. The van der Waals surface area contributed by atoms with Crippen LogP contribution in [0.15, 0.2) is 96.0 Å². The zero-order valence-electron chi connectivity index (χ0n) is 51.6. The molecular weight excluding hydrogens is 1310 g/mol. The molecule has 0 saturated carbocycles. The van der Waals surface area contributed by atoms with Crippen LogP contribution in [0.1, 0.15) is 98.5 Å². The second kappa shape index (κ2) is 37.7. The minimum atomic E-state index is -4.61. The van der Waals surface area contributed by atoms with Gasteiger partial charge in [-0.25, -0.2) is 21.6 Å². The number of carboxylic acids is 3. The molecule has 4 aromatic carbocycles. The number of rotatable bonds is 41. The highest BCUT2D eigenvalue weighted by Crippen LogP contribution is 2.22. The maximum Gasteiger partial charge on any atom is 0.305 e. The number of unbranched alkanes of at least 4 members (excludes halogenated alkanes) is 3. The van der Waals surface area contributed by atoms with Gasteiger partial charge in [-0.3, -0.25) is 57.5 Å². The Kier molecular flexibility index (Phi) is 30.0. The first-order valence-electron chi connectivity index (χ1n) is 29.9. The minimum absolute atomic E-state index is 0.0267. The van der Waals surface area contributed by atoms with Gasteiger partial charge in [0.1, 0.15) is 65.0 Å². The number of aliphatic carboxylic acids is 3. The number of carbonyl (C=O) groups excluding carboxylic acids is 9. The average molecular weight is 1380 g/mol. The Labute approximate surface area is 552 Å². The van der Waals surface area contributed by atoms with Gasteiger partial charge in [0.2, 0.25) is 57.3 Å². The number of fused-ring (bicyclic) bond motifs is 1. The highest BCUT2D eigenvalue weighted by molar-refractivity contribution is 7.89. The summed E-state index contributed by atoms with van der Waals surface area (Å²) < 4.78 is 76.3. The van der Waals surface area contributed by atoms with E-state index in [-0.39, 0.29) is 74.4 Å². The molecule has 0 aliphatic rings. The van der Waals surface area contributed by atoms with E-state index >= 15 is 0 Å². The number of hydrogen-bond acceptors (Lipinski definition) is 15. The summed E-state index contributed by atoms with van der Waals surface area (Å²) in [6.45, 7) is -1.06. The molecule has 518 valence electrons. The predicted octanol–water partition coefficient (Wildman–Crippen LogP) is 1.89. The third-order valence-corrected chi connectivity index (χ3v) is 16.3. The monoisotopic (exact) mass is 1380 g/mol. The van der Waals surface area contributed by atoms with Gasteiger partial charge in [0.25, 0.3) is 5.91 Å². The SMILES string of the molecule is COc1ccc(S(=O)(=O)N[C@H](CC(=O)O)C(=O)N[C@@H](CCC(=O)O)C(=O)NCC(=O)N[C@@H](Cc2cccc(F)c2)C(=O)N[C@@H](Cc2c[nH]c3ccccc23)C(=O)N[C@@H](CCC(=O)O)C(=O)NCCCCCC(=O)N[C@@H](CCCCNC(=O)c2c(F)cc(Cl)cc2F)C(N)=O)cc1. The lowest BCUT2D eigenvalue weighted by molar-refractivity contribution is -0.140. The van der Waals surface area contributed by atoms with Crippen LogP contribution in [0.4, 0.5) is 13.2 Å². The maximum atomic E-state index is 14.6. The summed E-state index contributed by atoms with van der Waals surface area (Å²) in [6.07, 6.45) is -1.49. The van der Waals surface area contributed by atoms with Crippen molar-refractivity contribution in [2.75, 3.05) is 26.7 Å². The molecule has 5 rings (SSSR count). The van der Waals surface area contributed by atoms with E-state index in [4.69, 9.17) is 22.1 Å². The van der Waals surface area contributed by atoms with Crippen molar-refractivity contribution in [2.45, 2.75) is 131 Å². The fourth-order valence-electron chi connectivity index (χ4n) is 9.63. The summed E-state index contributed by atoms with van der Waals surface area (Å²) in [5, 5.41) is 48.4. The Morgan fingerprint density at radius 2 is 1.15 bits per heavy atom. The van der Waals surface area contributed by atoms with E-state index in [1.165, 1.54) is 31.4 Å². The van der Waals surface area contributed by atoms with Crippen molar-refractivity contribution in [2.24, 2.45) is 5.73 Å². The largest absolute Gasteiger partial charge is 0.497 e. The number of para-hydroxylation sites is 1. The van der Waals surface area contributed by atoms with Gasteiger partial charge in [-0.2, -0.15) is 4.72 Å². The minimum Gasteiger partial charge on any atom is -0.497 e. The number of nitrogens with one attached hydrogen (secondary N) is 10. The molecule has 9 amide bonds. The van der Waals surface area contributed by atoms with Crippen LogP contribution >= 0.6 is 11.6 Å². The Balaban J connectivity index is 1.23. The van der Waals surface area contributed by atoms with Gasteiger partial charge in [0.15, 0.2) is 0 Å². The molecular formula is C62H73ClF3N11O18S. The van der Waals surface area contributed by atoms with Gasteiger partial charge in [0.05, 0.1) is 25.0 Å².